The number of nitrogens with zero attached hydrogens (tertiary/aromatic N) is 5. The van der Waals surface area contributed by atoms with Crippen molar-refractivity contribution in [1.29, 1.82) is 0 Å². The molecule has 2 aliphatic heterocycles. The molecule has 4 rings (SSSR count). The van der Waals surface area contributed by atoms with Gasteiger partial charge in [-0.2, -0.15) is 0 Å². The monoisotopic (exact) mass is 531 g/mol. The fourth-order valence-corrected chi connectivity index (χ4v) is 4.39. The Hall–Kier alpha value is -2.74. The molecule has 0 spiro atoms. The number of benzene rings is 1. The van der Waals surface area contributed by atoms with Crippen LogP contribution in [0.2, 0.25) is 0 Å². The third-order valence-electron chi connectivity index (χ3n) is 6.68. The number of imide groups is 1. The summed E-state index contributed by atoms with van der Waals surface area (Å²) in [5.41, 5.74) is 1.99. The van der Waals surface area contributed by atoms with Gasteiger partial charge in [-0.05, 0) is 39.6 Å². The number of rotatable bonds is 13. The van der Waals surface area contributed by atoms with Gasteiger partial charge in [-0.3, -0.25) is 14.5 Å². The van der Waals surface area contributed by atoms with E-state index in [1.54, 1.807) is 28.9 Å². The van der Waals surface area contributed by atoms with Crippen LogP contribution in [0.5, 0.6) is 0 Å². The van der Waals surface area contributed by atoms with Crippen LogP contribution in [0.3, 0.4) is 0 Å². The van der Waals surface area contributed by atoms with E-state index < -0.39 is 12.4 Å². The normalized spacial score (nSPS) is 23.6. The van der Waals surface area contributed by atoms with E-state index in [1.807, 2.05) is 32.1 Å². The third-order valence-corrected chi connectivity index (χ3v) is 6.68. The predicted octanol–water partition coefficient (Wildman–Crippen LogP) is 0.793. The highest BCUT2D eigenvalue weighted by atomic mass is 16.7. The smallest absolute Gasteiger partial charge is 0.260 e. The summed E-state index contributed by atoms with van der Waals surface area (Å²) in [6.45, 7) is 4.99. The fraction of sp³-hybridized carbons (Fsp3) is 0.615. The molecule has 0 bridgehead atoms. The summed E-state index contributed by atoms with van der Waals surface area (Å²) >= 11 is 0. The first-order chi connectivity index (χ1) is 18.3. The van der Waals surface area contributed by atoms with Gasteiger partial charge in [0.25, 0.3) is 5.91 Å². The number of ether oxygens (including phenoxy) is 4. The number of aromatic nitrogens is 3. The van der Waals surface area contributed by atoms with Gasteiger partial charge in [0.2, 0.25) is 5.91 Å². The molecule has 1 unspecified atom stereocenters. The summed E-state index contributed by atoms with van der Waals surface area (Å²) in [6, 6.07) is 6.99. The van der Waals surface area contributed by atoms with Gasteiger partial charge in [0.15, 0.2) is 6.29 Å². The molecular weight excluding hydrogens is 494 g/mol. The predicted molar refractivity (Wildman–Crippen MR) is 136 cm³/mol. The first-order valence-corrected chi connectivity index (χ1v) is 13.0. The Morgan fingerprint density at radius 1 is 1.13 bits per heavy atom. The zero-order valence-electron chi connectivity index (χ0n) is 22.2. The largest absolute Gasteiger partial charge is 0.386 e. The quantitative estimate of drug-likeness (QED) is 0.225. The molecule has 0 aliphatic carbocycles. The van der Waals surface area contributed by atoms with E-state index in [-0.39, 0.29) is 24.0 Å². The highest BCUT2D eigenvalue weighted by molar-refractivity contribution is 6.07. The summed E-state index contributed by atoms with van der Waals surface area (Å²) < 4.78 is 24.3. The topological polar surface area (TPSA) is 128 Å². The number of carbonyl (C=O) groups excluding carboxylic acids is 2. The van der Waals surface area contributed by atoms with Crippen molar-refractivity contribution in [3.05, 3.63) is 36.0 Å². The number of likely N-dealkylation sites (tertiary alicyclic amines) is 1. The molecule has 4 atom stereocenters. The lowest BCUT2D eigenvalue weighted by Crippen LogP contribution is -2.54. The zero-order valence-corrected chi connectivity index (χ0v) is 22.2. The molecule has 1 aromatic heterocycles. The van der Waals surface area contributed by atoms with Crippen LogP contribution in [0, 0.1) is 0 Å². The second-order valence-corrected chi connectivity index (χ2v) is 9.71. The molecule has 12 heteroatoms. The van der Waals surface area contributed by atoms with Crippen molar-refractivity contribution in [3.8, 4) is 11.3 Å². The van der Waals surface area contributed by atoms with Crippen molar-refractivity contribution in [3.63, 3.8) is 0 Å². The van der Waals surface area contributed by atoms with E-state index in [1.165, 1.54) is 4.90 Å². The van der Waals surface area contributed by atoms with Gasteiger partial charge in [0.05, 0.1) is 51.9 Å². The van der Waals surface area contributed by atoms with Crippen LogP contribution in [0.1, 0.15) is 30.1 Å². The fourth-order valence-electron chi connectivity index (χ4n) is 4.39. The first kappa shape index (κ1) is 28.3. The Morgan fingerprint density at radius 2 is 1.84 bits per heavy atom. The maximum atomic E-state index is 12.3. The number of carbonyl (C=O) groups is 2. The van der Waals surface area contributed by atoms with Crippen molar-refractivity contribution in [1.82, 2.24) is 24.8 Å². The molecule has 38 heavy (non-hydrogen) atoms. The minimum absolute atomic E-state index is 0.00149. The third kappa shape index (κ3) is 7.22. The van der Waals surface area contributed by atoms with Gasteiger partial charge in [-0.15, -0.1) is 5.10 Å². The van der Waals surface area contributed by atoms with Crippen LogP contribution in [0.4, 0.5) is 0 Å². The number of likely N-dealkylation sites (N-methyl/N-ethyl adjacent to an activating group) is 1. The maximum absolute atomic E-state index is 12.3. The molecule has 3 heterocycles. The number of hydrogen-bond acceptors (Lipinski definition) is 10. The second kappa shape index (κ2) is 13.4. The Labute approximate surface area is 222 Å². The molecule has 1 aromatic carbocycles. The summed E-state index contributed by atoms with van der Waals surface area (Å²) in [5, 5.41) is 18.8. The van der Waals surface area contributed by atoms with Crippen molar-refractivity contribution in [2.24, 2.45) is 0 Å². The summed E-state index contributed by atoms with van der Waals surface area (Å²) in [6.07, 6.45) is 1.66. The van der Waals surface area contributed by atoms with Gasteiger partial charge < -0.3 is 29.0 Å². The highest BCUT2D eigenvalue weighted by Crippen LogP contribution is 2.24. The number of amides is 2. The SMILES string of the molecule is C[C@@H]1C[C@H](N(C)C)[C@@H](O)C(OCCOCCOCCn2cc(-c3ccc(C(=O)N4CCC4=O)cc3)nn2)O1. The van der Waals surface area contributed by atoms with Crippen LogP contribution in [0.15, 0.2) is 30.5 Å². The Balaban J connectivity index is 1.08. The molecule has 2 aliphatic rings. The van der Waals surface area contributed by atoms with Gasteiger partial charge in [-0.1, -0.05) is 17.3 Å². The van der Waals surface area contributed by atoms with Gasteiger partial charge in [0, 0.05) is 30.1 Å². The van der Waals surface area contributed by atoms with E-state index in [2.05, 4.69) is 10.3 Å². The van der Waals surface area contributed by atoms with Gasteiger partial charge in [0.1, 0.15) is 11.8 Å². The Bertz CT molecular complexity index is 1060. The lowest BCUT2D eigenvalue weighted by molar-refractivity contribution is -0.255. The van der Waals surface area contributed by atoms with E-state index >= 15 is 0 Å². The minimum Gasteiger partial charge on any atom is -0.386 e. The molecule has 1 N–H and O–H groups in total. The van der Waals surface area contributed by atoms with Crippen LogP contribution < -0.4 is 0 Å². The molecule has 2 fully saturated rings. The standard InChI is InChI=1S/C26H37N5O7/c1-18-16-22(29(2)3)24(33)26(38-18)37-15-14-36-13-12-35-11-10-30-17-21(27-28-30)19-4-6-20(7-5-19)25(34)31-9-8-23(31)32/h4-7,17-18,22,24,26,33H,8-16H2,1-3H3/t18-,22+,24-,26?/m1/s1. The average molecular weight is 532 g/mol. The van der Waals surface area contributed by atoms with Crippen molar-refractivity contribution in [2.75, 3.05) is 53.7 Å². The van der Waals surface area contributed by atoms with Gasteiger partial charge in [-0.25, -0.2) is 4.68 Å². The summed E-state index contributed by atoms with van der Waals surface area (Å²) in [5.74, 6) is -0.404. The number of β-lactam (4-membered cyclic amide) rings is 1. The number of hydrogen-bond donors (Lipinski definition) is 1. The molecule has 2 saturated heterocycles. The molecule has 2 aromatic rings. The number of aliphatic hydroxyl groups excluding tert-OH is 1. The maximum Gasteiger partial charge on any atom is 0.260 e. The lowest BCUT2D eigenvalue weighted by Gasteiger charge is -2.40. The summed E-state index contributed by atoms with van der Waals surface area (Å²) in [4.78, 5) is 27.0. The van der Waals surface area contributed by atoms with Crippen molar-refractivity contribution < 1.29 is 33.6 Å². The van der Waals surface area contributed by atoms with Crippen molar-refractivity contribution in [2.45, 2.75) is 50.8 Å². The van der Waals surface area contributed by atoms with E-state index in [0.717, 1.165) is 12.0 Å². The van der Waals surface area contributed by atoms with Crippen molar-refractivity contribution >= 4 is 11.8 Å². The van der Waals surface area contributed by atoms with Crippen LogP contribution in [-0.2, 0) is 30.3 Å². The van der Waals surface area contributed by atoms with E-state index in [0.29, 0.717) is 63.8 Å². The first-order valence-electron chi connectivity index (χ1n) is 13.0. The zero-order chi connectivity index (χ0) is 27.1. The molecule has 12 nitrogen and oxygen atoms in total. The van der Waals surface area contributed by atoms with Crippen LogP contribution >= 0.6 is 0 Å². The second-order valence-electron chi connectivity index (χ2n) is 9.71. The summed E-state index contributed by atoms with van der Waals surface area (Å²) in [7, 11) is 3.88. The van der Waals surface area contributed by atoms with Crippen LogP contribution in [0.25, 0.3) is 11.3 Å². The molecule has 208 valence electrons. The Kier molecular flexibility index (Phi) is 9.94. The van der Waals surface area contributed by atoms with E-state index in [4.69, 9.17) is 18.9 Å². The molecule has 0 radical (unpaired) electrons. The lowest BCUT2D eigenvalue weighted by atomic mass is 9.99. The molecule has 2 amide bonds. The Morgan fingerprint density at radius 3 is 2.50 bits per heavy atom. The number of aliphatic hydroxyl groups is 1. The van der Waals surface area contributed by atoms with Gasteiger partial charge >= 0.3 is 0 Å². The van der Waals surface area contributed by atoms with E-state index in [9.17, 15) is 14.7 Å². The highest BCUT2D eigenvalue weighted by Gasteiger charge is 2.37. The van der Waals surface area contributed by atoms with Crippen LogP contribution in [-0.4, -0.2) is 120 Å². The average Bonchev–Trinajstić information content (AvgIpc) is 3.37. The molecule has 0 saturated carbocycles. The molecular formula is C26H37N5O7. The minimum atomic E-state index is -0.701.